The van der Waals surface area contributed by atoms with Crippen molar-refractivity contribution in [2.75, 3.05) is 14.2 Å². The molecule has 4 heteroatoms. The lowest BCUT2D eigenvalue weighted by molar-refractivity contribution is -0.144. The summed E-state index contributed by atoms with van der Waals surface area (Å²) in [5.41, 5.74) is 1.74. The number of aryl methyl sites for hydroxylation is 1. The molecule has 4 nitrogen and oxygen atoms in total. The Hall–Kier alpha value is -1.84. The predicted octanol–water partition coefficient (Wildman–Crippen LogP) is 2.77. The summed E-state index contributed by atoms with van der Waals surface area (Å²) < 4.78 is 9.45. The van der Waals surface area contributed by atoms with Crippen LogP contribution in [0.25, 0.3) is 0 Å². The van der Waals surface area contributed by atoms with E-state index in [0.29, 0.717) is 6.42 Å². The molecule has 0 unspecified atom stereocenters. The number of ether oxygens (including phenoxy) is 2. The molecular formula is C16H22O4. The second-order valence-corrected chi connectivity index (χ2v) is 5.26. The van der Waals surface area contributed by atoms with Crippen LogP contribution in [0.1, 0.15) is 37.3 Å². The van der Waals surface area contributed by atoms with Gasteiger partial charge in [0, 0.05) is 11.8 Å². The number of methoxy groups -OCH3 is 2. The Bertz CT molecular complexity index is 464. The van der Waals surface area contributed by atoms with Crippen molar-refractivity contribution in [3.05, 3.63) is 35.4 Å². The molecule has 0 aliphatic carbocycles. The molecule has 1 aromatic rings. The number of hydrogen-bond acceptors (Lipinski definition) is 4. The van der Waals surface area contributed by atoms with Gasteiger partial charge in [-0.25, -0.2) is 0 Å². The van der Waals surface area contributed by atoms with Gasteiger partial charge in [-0.15, -0.1) is 0 Å². The van der Waals surface area contributed by atoms with Crippen molar-refractivity contribution in [3.8, 4) is 0 Å². The molecule has 0 aromatic heterocycles. The van der Waals surface area contributed by atoms with Crippen molar-refractivity contribution < 1.29 is 19.1 Å². The highest BCUT2D eigenvalue weighted by molar-refractivity contribution is 5.72. The third-order valence-electron chi connectivity index (χ3n) is 3.62. The molecule has 0 saturated heterocycles. The monoisotopic (exact) mass is 278 g/mol. The summed E-state index contributed by atoms with van der Waals surface area (Å²) >= 11 is 0. The molecule has 0 N–H and O–H groups in total. The van der Waals surface area contributed by atoms with E-state index in [1.165, 1.54) is 14.2 Å². The van der Waals surface area contributed by atoms with Crippen LogP contribution in [-0.4, -0.2) is 26.2 Å². The lowest BCUT2D eigenvalue weighted by atomic mass is 9.75. The Balaban J connectivity index is 2.96. The summed E-state index contributed by atoms with van der Waals surface area (Å²) in [6.07, 6.45) is 1.05. The van der Waals surface area contributed by atoms with Crippen LogP contribution in [0.2, 0.25) is 0 Å². The fourth-order valence-corrected chi connectivity index (χ4v) is 2.16. The maximum Gasteiger partial charge on any atom is 0.306 e. The van der Waals surface area contributed by atoms with Crippen LogP contribution in [-0.2, 0) is 24.5 Å². The van der Waals surface area contributed by atoms with Gasteiger partial charge in [-0.1, -0.05) is 36.8 Å². The van der Waals surface area contributed by atoms with E-state index in [2.05, 4.69) is 4.74 Å². The first-order valence-electron chi connectivity index (χ1n) is 6.62. The first-order chi connectivity index (χ1) is 9.41. The quantitative estimate of drug-likeness (QED) is 0.751. The van der Waals surface area contributed by atoms with Crippen LogP contribution in [0.4, 0.5) is 0 Å². The van der Waals surface area contributed by atoms with Gasteiger partial charge >= 0.3 is 11.9 Å². The van der Waals surface area contributed by atoms with E-state index in [9.17, 15) is 9.59 Å². The second kappa shape index (κ2) is 7.08. The number of carbonyl (C=O) groups excluding carboxylic acids is 2. The van der Waals surface area contributed by atoms with Crippen molar-refractivity contribution in [2.24, 2.45) is 0 Å². The Labute approximate surface area is 120 Å². The third-order valence-corrected chi connectivity index (χ3v) is 3.62. The van der Waals surface area contributed by atoms with Gasteiger partial charge in [-0.3, -0.25) is 9.59 Å². The van der Waals surface area contributed by atoms with E-state index in [0.717, 1.165) is 11.1 Å². The van der Waals surface area contributed by atoms with Gasteiger partial charge in [0.1, 0.15) is 0 Å². The predicted molar refractivity (Wildman–Crippen MR) is 76.4 cm³/mol. The molecule has 20 heavy (non-hydrogen) atoms. The minimum atomic E-state index is -0.436. The molecule has 0 spiro atoms. The van der Waals surface area contributed by atoms with E-state index in [1.54, 1.807) is 0 Å². The number of benzene rings is 1. The number of carbonyl (C=O) groups is 2. The smallest absolute Gasteiger partial charge is 0.306 e. The van der Waals surface area contributed by atoms with Crippen LogP contribution < -0.4 is 0 Å². The fraction of sp³-hybridized carbons (Fsp3) is 0.500. The Morgan fingerprint density at radius 3 is 2.10 bits per heavy atom. The molecule has 1 atom stereocenters. The van der Waals surface area contributed by atoms with Crippen molar-refractivity contribution >= 4 is 11.9 Å². The van der Waals surface area contributed by atoms with Crippen LogP contribution in [0.5, 0.6) is 0 Å². The molecule has 0 amide bonds. The lowest BCUT2D eigenvalue weighted by Gasteiger charge is -2.29. The first-order valence-corrected chi connectivity index (χ1v) is 6.62. The van der Waals surface area contributed by atoms with E-state index >= 15 is 0 Å². The average Bonchev–Trinajstić information content (AvgIpc) is 2.45. The summed E-state index contributed by atoms with van der Waals surface area (Å²) in [7, 11) is 2.74. The molecule has 0 aliphatic rings. The Morgan fingerprint density at radius 2 is 1.60 bits per heavy atom. The largest absolute Gasteiger partial charge is 0.469 e. The molecule has 0 heterocycles. The number of rotatable bonds is 6. The Kier molecular flexibility index (Phi) is 5.74. The average molecular weight is 278 g/mol. The van der Waals surface area contributed by atoms with Gasteiger partial charge in [-0.2, -0.15) is 0 Å². The van der Waals surface area contributed by atoms with Gasteiger partial charge in [0.25, 0.3) is 0 Å². The van der Waals surface area contributed by atoms with Crippen LogP contribution in [0.15, 0.2) is 24.3 Å². The number of esters is 2. The SMILES string of the molecule is COC(=O)CC[C@](C)(CC(=O)OC)c1ccc(C)cc1. The van der Waals surface area contributed by atoms with Gasteiger partial charge in [0.15, 0.2) is 0 Å². The zero-order valence-corrected chi connectivity index (χ0v) is 12.6. The molecule has 1 aromatic carbocycles. The highest BCUT2D eigenvalue weighted by Gasteiger charge is 2.30. The fourth-order valence-electron chi connectivity index (χ4n) is 2.16. The van der Waals surface area contributed by atoms with E-state index in [4.69, 9.17) is 4.74 Å². The highest BCUT2D eigenvalue weighted by atomic mass is 16.5. The van der Waals surface area contributed by atoms with E-state index in [1.807, 2.05) is 38.1 Å². The summed E-state index contributed by atoms with van der Waals surface area (Å²) in [6.45, 7) is 3.98. The zero-order chi connectivity index (χ0) is 15.2. The standard InChI is InChI=1S/C16H22O4/c1-12-5-7-13(8-6-12)16(2,11-15(18)20-4)10-9-14(17)19-3/h5-8H,9-11H2,1-4H3/t16-/m1/s1. The normalized spacial score (nSPS) is 13.4. The van der Waals surface area contributed by atoms with E-state index < -0.39 is 5.41 Å². The summed E-state index contributed by atoms with van der Waals surface area (Å²) in [5, 5.41) is 0. The second-order valence-electron chi connectivity index (χ2n) is 5.26. The van der Waals surface area contributed by atoms with Gasteiger partial charge in [-0.05, 0) is 18.9 Å². The van der Waals surface area contributed by atoms with Gasteiger partial charge < -0.3 is 9.47 Å². The molecule has 0 saturated carbocycles. The molecule has 0 fully saturated rings. The minimum absolute atomic E-state index is 0.240. The van der Waals surface area contributed by atoms with Crippen LogP contribution in [0, 0.1) is 6.92 Å². The van der Waals surface area contributed by atoms with Gasteiger partial charge in [0.05, 0.1) is 20.6 Å². The minimum Gasteiger partial charge on any atom is -0.469 e. The highest BCUT2D eigenvalue weighted by Crippen LogP contribution is 2.33. The molecule has 0 bridgehead atoms. The molecular weight excluding hydrogens is 256 g/mol. The number of hydrogen-bond donors (Lipinski definition) is 0. The van der Waals surface area contributed by atoms with Crippen molar-refractivity contribution in [3.63, 3.8) is 0 Å². The van der Waals surface area contributed by atoms with Crippen molar-refractivity contribution in [2.45, 2.75) is 38.5 Å². The van der Waals surface area contributed by atoms with E-state index in [-0.39, 0.29) is 24.8 Å². The Morgan fingerprint density at radius 1 is 1.05 bits per heavy atom. The maximum absolute atomic E-state index is 11.6. The molecule has 0 aliphatic heterocycles. The van der Waals surface area contributed by atoms with Crippen LogP contribution >= 0.6 is 0 Å². The first kappa shape index (κ1) is 16.2. The lowest BCUT2D eigenvalue weighted by Crippen LogP contribution is -2.27. The van der Waals surface area contributed by atoms with Crippen molar-refractivity contribution in [1.29, 1.82) is 0 Å². The van der Waals surface area contributed by atoms with Gasteiger partial charge in [0.2, 0.25) is 0 Å². The third kappa shape index (κ3) is 4.37. The summed E-state index contributed by atoms with van der Waals surface area (Å²) in [6, 6.07) is 8.00. The molecule has 1 rings (SSSR count). The molecule has 0 radical (unpaired) electrons. The summed E-state index contributed by atoms with van der Waals surface area (Å²) in [4.78, 5) is 23.0. The summed E-state index contributed by atoms with van der Waals surface area (Å²) in [5.74, 6) is -0.550. The van der Waals surface area contributed by atoms with Crippen LogP contribution in [0.3, 0.4) is 0 Å². The maximum atomic E-state index is 11.6. The topological polar surface area (TPSA) is 52.6 Å². The zero-order valence-electron chi connectivity index (χ0n) is 12.6. The molecule has 110 valence electrons. The van der Waals surface area contributed by atoms with Crippen molar-refractivity contribution in [1.82, 2.24) is 0 Å².